The third-order valence-corrected chi connectivity index (χ3v) is 2.91. The highest BCUT2D eigenvalue weighted by Crippen LogP contribution is 2.30. The largest absolute Gasteiger partial charge is 0.416 e. The van der Waals surface area contributed by atoms with E-state index in [-0.39, 0.29) is 6.54 Å². The summed E-state index contributed by atoms with van der Waals surface area (Å²) in [4.78, 5) is 1.38. The fraction of sp³-hybridized carbons (Fsp3) is 0.538. The fourth-order valence-corrected chi connectivity index (χ4v) is 1.92. The van der Waals surface area contributed by atoms with Crippen LogP contribution in [0.5, 0.6) is 0 Å². The zero-order valence-corrected chi connectivity index (χ0v) is 11.2. The standard InChI is InChI=1S/C13H17F5N2/c1-19-11(7-20(2)8-12(14)15)9-4-3-5-10(6-9)13(16,17)18/h3-6,11-12,19H,7-8H2,1-2H3. The molecule has 7 heteroatoms. The molecule has 1 aromatic rings. The summed E-state index contributed by atoms with van der Waals surface area (Å²) in [6, 6.07) is 4.44. The van der Waals surface area contributed by atoms with E-state index in [0.29, 0.717) is 5.56 Å². The molecule has 0 bridgehead atoms. The molecule has 0 aromatic heterocycles. The first kappa shape index (κ1) is 16.8. The second-order valence-electron chi connectivity index (χ2n) is 4.58. The number of alkyl halides is 5. The number of nitrogens with one attached hydrogen (secondary N) is 1. The Balaban J connectivity index is 2.85. The van der Waals surface area contributed by atoms with Crippen molar-refractivity contribution in [3.63, 3.8) is 0 Å². The van der Waals surface area contributed by atoms with Gasteiger partial charge in [-0.25, -0.2) is 8.78 Å². The van der Waals surface area contributed by atoms with Gasteiger partial charge in [0.25, 0.3) is 6.43 Å². The predicted octanol–water partition coefficient (Wildman–Crippen LogP) is 3.16. The van der Waals surface area contributed by atoms with Crippen molar-refractivity contribution in [1.29, 1.82) is 0 Å². The molecule has 0 aliphatic rings. The topological polar surface area (TPSA) is 15.3 Å². The lowest BCUT2D eigenvalue weighted by Crippen LogP contribution is -2.34. The molecule has 1 unspecified atom stereocenters. The number of hydrogen-bond donors (Lipinski definition) is 1. The number of hydrogen-bond acceptors (Lipinski definition) is 2. The Kier molecular flexibility index (Phi) is 5.88. The van der Waals surface area contributed by atoms with Crippen LogP contribution in [-0.4, -0.2) is 38.5 Å². The molecular formula is C13H17F5N2. The van der Waals surface area contributed by atoms with Crippen LogP contribution in [0.3, 0.4) is 0 Å². The number of halogens is 5. The highest BCUT2D eigenvalue weighted by atomic mass is 19.4. The van der Waals surface area contributed by atoms with Crippen molar-refractivity contribution in [3.05, 3.63) is 35.4 Å². The van der Waals surface area contributed by atoms with Crippen LogP contribution in [0.15, 0.2) is 24.3 Å². The van der Waals surface area contributed by atoms with Crippen molar-refractivity contribution in [2.45, 2.75) is 18.6 Å². The van der Waals surface area contributed by atoms with Gasteiger partial charge < -0.3 is 5.32 Å². The minimum absolute atomic E-state index is 0.197. The molecule has 0 radical (unpaired) electrons. The van der Waals surface area contributed by atoms with E-state index in [4.69, 9.17) is 0 Å². The van der Waals surface area contributed by atoms with E-state index in [2.05, 4.69) is 5.32 Å². The molecule has 0 aliphatic carbocycles. The molecular weight excluding hydrogens is 279 g/mol. The van der Waals surface area contributed by atoms with Crippen molar-refractivity contribution in [2.75, 3.05) is 27.2 Å². The summed E-state index contributed by atoms with van der Waals surface area (Å²) in [6.07, 6.45) is -6.89. The van der Waals surface area contributed by atoms with Gasteiger partial charge >= 0.3 is 6.18 Å². The number of nitrogens with zero attached hydrogens (tertiary/aromatic N) is 1. The van der Waals surface area contributed by atoms with Crippen LogP contribution in [0.25, 0.3) is 0 Å². The molecule has 2 nitrogen and oxygen atoms in total. The van der Waals surface area contributed by atoms with Crippen molar-refractivity contribution in [3.8, 4) is 0 Å². The highest BCUT2D eigenvalue weighted by Gasteiger charge is 2.31. The van der Waals surface area contributed by atoms with Gasteiger partial charge in [0.15, 0.2) is 0 Å². The Bertz CT molecular complexity index is 419. The van der Waals surface area contributed by atoms with Crippen molar-refractivity contribution in [1.82, 2.24) is 10.2 Å². The molecule has 1 aromatic carbocycles. The molecule has 0 amide bonds. The normalized spacial score (nSPS) is 14.1. The van der Waals surface area contributed by atoms with Crippen LogP contribution in [0.2, 0.25) is 0 Å². The van der Waals surface area contributed by atoms with Crippen molar-refractivity contribution >= 4 is 0 Å². The van der Waals surface area contributed by atoms with E-state index in [1.54, 1.807) is 13.1 Å². The van der Waals surface area contributed by atoms with E-state index < -0.39 is 30.8 Å². The lowest BCUT2D eigenvalue weighted by Gasteiger charge is -2.24. The van der Waals surface area contributed by atoms with Gasteiger partial charge in [0.2, 0.25) is 0 Å². The predicted molar refractivity (Wildman–Crippen MR) is 66.7 cm³/mol. The third-order valence-electron chi connectivity index (χ3n) is 2.91. The Morgan fingerprint density at radius 2 is 1.85 bits per heavy atom. The van der Waals surface area contributed by atoms with Crippen LogP contribution in [0.1, 0.15) is 17.2 Å². The summed E-state index contributed by atoms with van der Waals surface area (Å²) in [5.74, 6) is 0. The van der Waals surface area contributed by atoms with Gasteiger partial charge in [-0.3, -0.25) is 4.90 Å². The smallest absolute Gasteiger partial charge is 0.312 e. The molecule has 0 saturated carbocycles. The first-order valence-corrected chi connectivity index (χ1v) is 6.05. The molecule has 0 heterocycles. The van der Waals surface area contributed by atoms with Gasteiger partial charge in [0.05, 0.1) is 12.1 Å². The number of likely N-dealkylation sites (N-methyl/N-ethyl adjacent to an activating group) is 2. The van der Waals surface area contributed by atoms with Gasteiger partial charge in [0, 0.05) is 12.6 Å². The maximum atomic E-state index is 12.6. The van der Waals surface area contributed by atoms with Gasteiger partial charge in [-0.05, 0) is 31.8 Å². The molecule has 0 saturated heterocycles. The summed E-state index contributed by atoms with van der Waals surface area (Å²) in [7, 11) is 3.09. The number of rotatable bonds is 6. The average molecular weight is 296 g/mol. The van der Waals surface area contributed by atoms with E-state index in [9.17, 15) is 22.0 Å². The molecule has 1 rings (SSSR count). The second kappa shape index (κ2) is 6.99. The SMILES string of the molecule is CNC(CN(C)CC(F)F)c1cccc(C(F)(F)F)c1. The fourth-order valence-electron chi connectivity index (χ4n) is 1.92. The zero-order chi connectivity index (χ0) is 15.3. The van der Waals surface area contributed by atoms with Crippen LogP contribution < -0.4 is 5.32 Å². The van der Waals surface area contributed by atoms with Gasteiger partial charge in [-0.1, -0.05) is 12.1 Å². The van der Waals surface area contributed by atoms with Crippen LogP contribution in [0, 0.1) is 0 Å². The zero-order valence-electron chi connectivity index (χ0n) is 11.2. The molecule has 0 fully saturated rings. The van der Waals surface area contributed by atoms with Crippen LogP contribution >= 0.6 is 0 Å². The van der Waals surface area contributed by atoms with E-state index in [0.717, 1.165) is 12.1 Å². The maximum absolute atomic E-state index is 12.6. The van der Waals surface area contributed by atoms with Gasteiger partial charge in [-0.2, -0.15) is 13.2 Å². The van der Waals surface area contributed by atoms with Crippen molar-refractivity contribution < 1.29 is 22.0 Å². The van der Waals surface area contributed by atoms with E-state index >= 15 is 0 Å². The van der Waals surface area contributed by atoms with Crippen LogP contribution in [-0.2, 0) is 6.18 Å². The summed E-state index contributed by atoms with van der Waals surface area (Å²) in [5, 5.41) is 2.85. The first-order valence-electron chi connectivity index (χ1n) is 6.05. The average Bonchev–Trinajstić information content (AvgIpc) is 2.34. The lowest BCUT2D eigenvalue weighted by atomic mass is 10.0. The van der Waals surface area contributed by atoms with Crippen molar-refractivity contribution in [2.24, 2.45) is 0 Å². The highest BCUT2D eigenvalue weighted by molar-refractivity contribution is 5.28. The third kappa shape index (κ3) is 5.05. The first-order chi connectivity index (χ1) is 9.24. The number of benzene rings is 1. The maximum Gasteiger partial charge on any atom is 0.416 e. The molecule has 0 aliphatic heterocycles. The van der Waals surface area contributed by atoms with Crippen LogP contribution in [0.4, 0.5) is 22.0 Å². The lowest BCUT2D eigenvalue weighted by molar-refractivity contribution is -0.137. The molecule has 114 valence electrons. The summed E-state index contributed by atoms with van der Waals surface area (Å²) >= 11 is 0. The molecule has 20 heavy (non-hydrogen) atoms. The van der Waals surface area contributed by atoms with Gasteiger partial charge in [0.1, 0.15) is 0 Å². The molecule has 1 atom stereocenters. The Hall–Kier alpha value is -1.21. The summed E-state index contributed by atoms with van der Waals surface area (Å²) in [5.41, 5.74) is -0.324. The Morgan fingerprint density at radius 1 is 1.20 bits per heavy atom. The quantitative estimate of drug-likeness (QED) is 0.811. The Labute approximate surface area is 114 Å². The second-order valence-corrected chi connectivity index (χ2v) is 4.58. The Morgan fingerprint density at radius 3 is 2.35 bits per heavy atom. The molecule has 1 N–H and O–H groups in total. The summed E-state index contributed by atoms with van der Waals surface area (Å²) < 4.78 is 62.4. The minimum Gasteiger partial charge on any atom is -0.312 e. The monoisotopic (exact) mass is 296 g/mol. The summed E-state index contributed by atoms with van der Waals surface area (Å²) in [6.45, 7) is -0.223. The van der Waals surface area contributed by atoms with Gasteiger partial charge in [-0.15, -0.1) is 0 Å². The van der Waals surface area contributed by atoms with E-state index in [1.807, 2.05) is 0 Å². The van der Waals surface area contributed by atoms with E-state index in [1.165, 1.54) is 18.0 Å². The minimum atomic E-state index is -4.41. The molecule has 0 spiro atoms.